The fraction of sp³-hybridized carbons (Fsp3) is 0.421. The van der Waals surface area contributed by atoms with E-state index in [-0.39, 0.29) is 11.9 Å². The van der Waals surface area contributed by atoms with Crippen molar-refractivity contribution in [1.29, 1.82) is 0 Å². The van der Waals surface area contributed by atoms with E-state index >= 15 is 0 Å². The fourth-order valence-corrected chi connectivity index (χ4v) is 4.93. The van der Waals surface area contributed by atoms with Crippen LogP contribution >= 0.6 is 11.3 Å². The molecule has 120 valence electrons. The van der Waals surface area contributed by atoms with E-state index in [0.29, 0.717) is 6.54 Å². The van der Waals surface area contributed by atoms with Gasteiger partial charge in [-0.05, 0) is 55.4 Å². The molecule has 0 radical (unpaired) electrons. The van der Waals surface area contributed by atoms with Crippen molar-refractivity contribution in [3.05, 3.63) is 51.2 Å². The molecule has 3 nitrogen and oxygen atoms in total. The molecule has 0 bridgehead atoms. The molecule has 1 aromatic carbocycles. The third-order valence-corrected chi connectivity index (χ3v) is 6.11. The number of hydrogen-bond acceptors (Lipinski definition) is 3. The zero-order chi connectivity index (χ0) is 15.8. The van der Waals surface area contributed by atoms with Crippen LogP contribution in [0.15, 0.2) is 30.3 Å². The molecule has 2 aliphatic rings. The Hall–Kier alpha value is -1.65. The van der Waals surface area contributed by atoms with Crippen LogP contribution in [0.3, 0.4) is 0 Å². The Morgan fingerprint density at radius 1 is 1.13 bits per heavy atom. The van der Waals surface area contributed by atoms with Gasteiger partial charge in [-0.25, -0.2) is 0 Å². The Balaban J connectivity index is 1.67. The number of carbonyl (C=O) groups excluding carboxylic acids is 1. The number of nitrogens with zero attached hydrogens (tertiary/aromatic N) is 1. The maximum atomic E-state index is 13.1. The Labute approximate surface area is 141 Å². The van der Waals surface area contributed by atoms with Crippen LogP contribution in [-0.4, -0.2) is 18.5 Å². The van der Waals surface area contributed by atoms with E-state index < -0.39 is 0 Å². The number of nitrogens with two attached hydrogens (primary N) is 1. The van der Waals surface area contributed by atoms with Crippen molar-refractivity contribution in [1.82, 2.24) is 0 Å². The Bertz CT molecular complexity index is 713. The van der Waals surface area contributed by atoms with Gasteiger partial charge in [0, 0.05) is 23.2 Å². The van der Waals surface area contributed by atoms with Crippen LogP contribution in [0, 0.1) is 0 Å². The quantitative estimate of drug-likeness (QED) is 0.815. The lowest BCUT2D eigenvalue weighted by molar-refractivity contribution is 0.0987. The molecule has 0 fully saturated rings. The molecule has 2 aromatic rings. The average molecular weight is 326 g/mol. The molecular formula is C19H22N2OS. The zero-order valence-electron chi connectivity index (χ0n) is 13.3. The van der Waals surface area contributed by atoms with Crippen molar-refractivity contribution in [3.63, 3.8) is 0 Å². The first-order valence-electron chi connectivity index (χ1n) is 8.49. The lowest BCUT2D eigenvalue weighted by atomic mass is 9.98. The highest BCUT2D eigenvalue weighted by Crippen LogP contribution is 2.33. The first-order chi connectivity index (χ1) is 11.2. The number of para-hydroxylation sites is 1. The van der Waals surface area contributed by atoms with Crippen LogP contribution in [0.2, 0.25) is 0 Å². The minimum atomic E-state index is 0.0200. The lowest BCUT2D eigenvalue weighted by Gasteiger charge is -2.32. The molecule has 1 amide bonds. The van der Waals surface area contributed by atoms with E-state index in [1.807, 2.05) is 23.1 Å². The Morgan fingerprint density at radius 3 is 2.87 bits per heavy atom. The first kappa shape index (κ1) is 14.9. The zero-order valence-corrected chi connectivity index (χ0v) is 14.1. The SMILES string of the molecule is NC1Cc2ccccc2N(C(=O)c2cc3c(s2)CCCCC3)C1. The summed E-state index contributed by atoms with van der Waals surface area (Å²) in [5.74, 6) is 0.116. The minimum Gasteiger partial charge on any atom is -0.326 e. The molecule has 4 rings (SSSR count). The number of aryl methyl sites for hydroxylation is 2. The number of benzene rings is 1. The summed E-state index contributed by atoms with van der Waals surface area (Å²) >= 11 is 1.69. The van der Waals surface area contributed by atoms with Gasteiger partial charge in [0.2, 0.25) is 0 Å². The molecule has 1 unspecified atom stereocenters. The second-order valence-corrected chi connectivity index (χ2v) is 7.77. The summed E-state index contributed by atoms with van der Waals surface area (Å²) in [6, 6.07) is 10.3. The molecular weight excluding hydrogens is 304 g/mol. The first-order valence-corrected chi connectivity index (χ1v) is 9.31. The van der Waals surface area contributed by atoms with E-state index in [1.54, 1.807) is 11.3 Å². The molecule has 2 N–H and O–H groups in total. The van der Waals surface area contributed by atoms with Gasteiger partial charge in [-0.2, -0.15) is 0 Å². The maximum absolute atomic E-state index is 13.1. The molecule has 0 saturated carbocycles. The van der Waals surface area contributed by atoms with Crippen molar-refractivity contribution < 1.29 is 4.79 Å². The fourth-order valence-electron chi connectivity index (χ4n) is 3.72. The van der Waals surface area contributed by atoms with E-state index in [0.717, 1.165) is 29.8 Å². The summed E-state index contributed by atoms with van der Waals surface area (Å²) in [5, 5.41) is 0. The number of carbonyl (C=O) groups is 1. The molecule has 23 heavy (non-hydrogen) atoms. The number of rotatable bonds is 1. The standard InChI is InChI=1S/C19H22N2OS/c20-15-10-13-6-4-5-8-16(13)21(12-15)19(22)18-11-14-7-2-1-3-9-17(14)23-18/h4-6,8,11,15H,1-3,7,9-10,12,20H2. The van der Waals surface area contributed by atoms with Gasteiger partial charge in [-0.3, -0.25) is 4.79 Å². The van der Waals surface area contributed by atoms with Crippen LogP contribution in [0.1, 0.15) is 44.9 Å². The van der Waals surface area contributed by atoms with Gasteiger partial charge in [0.25, 0.3) is 5.91 Å². The van der Waals surface area contributed by atoms with Gasteiger partial charge in [-0.15, -0.1) is 11.3 Å². The van der Waals surface area contributed by atoms with Crippen LogP contribution in [-0.2, 0) is 19.3 Å². The highest BCUT2D eigenvalue weighted by atomic mass is 32.1. The van der Waals surface area contributed by atoms with Crippen LogP contribution < -0.4 is 10.6 Å². The Kier molecular flexibility index (Phi) is 3.95. The Morgan fingerprint density at radius 2 is 1.96 bits per heavy atom. The van der Waals surface area contributed by atoms with E-state index in [2.05, 4.69) is 12.1 Å². The third-order valence-electron chi connectivity index (χ3n) is 4.88. The van der Waals surface area contributed by atoms with E-state index in [1.165, 1.54) is 35.3 Å². The van der Waals surface area contributed by atoms with Crippen molar-refractivity contribution in [2.24, 2.45) is 5.73 Å². The van der Waals surface area contributed by atoms with Gasteiger partial charge < -0.3 is 10.6 Å². The number of anilines is 1. The minimum absolute atomic E-state index is 0.0200. The summed E-state index contributed by atoms with van der Waals surface area (Å²) in [7, 11) is 0. The molecule has 4 heteroatoms. The van der Waals surface area contributed by atoms with Crippen molar-refractivity contribution in [3.8, 4) is 0 Å². The molecule has 2 heterocycles. The van der Waals surface area contributed by atoms with Gasteiger partial charge in [-0.1, -0.05) is 24.6 Å². The van der Waals surface area contributed by atoms with Gasteiger partial charge in [0.15, 0.2) is 0 Å². The van der Waals surface area contributed by atoms with Gasteiger partial charge >= 0.3 is 0 Å². The lowest BCUT2D eigenvalue weighted by Crippen LogP contribution is -2.46. The largest absolute Gasteiger partial charge is 0.326 e. The van der Waals surface area contributed by atoms with E-state index in [4.69, 9.17) is 5.73 Å². The summed E-state index contributed by atoms with van der Waals surface area (Å²) in [6.45, 7) is 0.610. The monoisotopic (exact) mass is 326 g/mol. The molecule has 1 aliphatic heterocycles. The summed E-state index contributed by atoms with van der Waals surface area (Å²) < 4.78 is 0. The third kappa shape index (κ3) is 2.81. The number of amides is 1. The molecule has 1 atom stereocenters. The van der Waals surface area contributed by atoms with Crippen molar-refractivity contribution in [2.45, 2.75) is 44.6 Å². The number of thiophene rings is 1. The predicted molar refractivity (Wildman–Crippen MR) is 95.4 cm³/mol. The molecule has 1 aliphatic carbocycles. The maximum Gasteiger partial charge on any atom is 0.268 e. The van der Waals surface area contributed by atoms with E-state index in [9.17, 15) is 4.79 Å². The predicted octanol–water partition coefficient (Wildman–Crippen LogP) is 3.55. The smallest absolute Gasteiger partial charge is 0.268 e. The van der Waals surface area contributed by atoms with Gasteiger partial charge in [0.05, 0.1) is 4.88 Å². The number of hydrogen-bond donors (Lipinski definition) is 1. The second-order valence-electron chi connectivity index (χ2n) is 6.63. The van der Waals surface area contributed by atoms with Crippen LogP contribution in [0.4, 0.5) is 5.69 Å². The summed E-state index contributed by atoms with van der Waals surface area (Å²) in [4.78, 5) is 17.3. The molecule has 0 spiro atoms. The highest BCUT2D eigenvalue weighted by molar-refractivity contribution is 7.14. The molecule has 1 aromatic heterocycles. The highest BCUT2D eigenvalue weighted by Gasteiger charge is 2.28. The summed E-state index contributed by atoms with van der Waals surface area (Å²) in [6.07, 6.45) is 6.89. The van der Waals surface area contributed by atoms with Crippen LogP contribution in [0.5, 0.6) is 0 Å². The van der Waals surface area contributed by atoms with Crippen molar-refractivity contribution >= 4 is 22.9 Å². The second kappa shape index (κ2) is 6.10. The van der Waals surface area contributed by atoms with Gasteiger partial charge in [0.1, 0.15) is 0 Å². The normalized spacial score (nSPS) is 20.6. The summed E-state index contributed by atoms with van der Waals surface area (Å²) in [5.41, 5.74) is 9.79. The topological polar surface area (TPSA) is 46.3 Å². The average Bonchev–Trinajstić information content (AvgIpc) is 2.84. The number of fused-ring (bicyclic) bond motifs is 2. The van der Waals surface area contributed by atoms with Crippen molar-refractivity contribution in [2.75, 3.05) is 11.4 Å². The molecule has 0 saturated heterocycles. The van der Waals surface area contributed by atoms with Crippen LogP contribution in [0.25, 0.3) is 0 Å².